The summed E-state index contributed by atoms with van der Waals surface area (Å²) in [6, 6.07) is 14.6. The molecule has 1 unspecified atom stereocenters. The van der Waals surface area contributed by atoms with E-state index in [4.69, 9.17) is 16.3 Å². The van der Waals surface area contributed by atoms with Crippen LogP contribution in [0.25, 0.3) is 0 Å². The smallest absolute Gasteiger partial charge is 0.119 e. The minimum absolute atomic E-state index is 0.0823. The first-order valence-corrected chi connectivity index (χ1v) is 7.56. The van der Waals surface area contributed by atoms with Crippen molar-refractivity contribution in [2.75, 3.05) is 13.7 Å². The van der Waals surface area contributed by atoms with Crippen molar-refractivity contribution in [2.24, 2.45) is 0 Å². The third-order valence-electron chi connectivity index (χ3n) is 4.23. The third-order valence-corrected chi connectivity index (χ3v) is 4.47. The van der Waals surface area contributed by atoms with E-state index in [1.165, 1.54) is 16.7 Å². The summed E-state index contributed by atoms with van der Waals surface area (Å²) in [5.41, 5.74) is 3.92. The van der Waals surface area contributed by atoms with E-state index >= 15 is 0 Å². The Balaban J connectivity index is 2.11. The van der Waals surface area contributed by atoms with Crippen LogP contribution in [0.5, 0.6) is 5.75 Å². The molecule has 0 aliphatic carbocycles. The lowest BCUT2D eigenvalue weighted by Gasteiger charge is -2.38. The summed E-state index contributed by atoms with van der Waals surface area (Å²) >= 11 is 6.15. The quantitative estimate of drug-likeness (QED) is 0.892. The van der Waals surface area contributed by atoms with Gasteiger partial charge in [-0.25, -0.2) is 0 Å². The maximum Gasteiger partial charge on any atom is 0.119 e. The maximum absolute atomic E-state index is 6.15. The molecule has 0 radical (unpaired) electrons. The summed E-state index contributed by atoms with van der Waals surface area (Å²) in [7, 11) is 1.71. The topological polar surface area (TPSA) is 21.3 Å². The number of fused-ring (bicyclic) bond motifs is 1. The molecule has 0 amide bonds. The second-order valence-corrected chi connectivity index (χ2v) is 6.64. The largest absolute Gasteiger partial charge is 0.497 e. The van der Waals surface area contributed by atoms with E-state index in [-0.39, 0.29) is 11.5 Å². The molecule has 3 rings (SSSR count). The highest BCUT2D eigenvalue weighted by atomic mass is 35.5. The standard InChI is InChI=1S/C18H20ClNO/c1-18(2)11-20-17(12-5-4-6-13(19)9-12)15-8-7-14(21-3)10-16(15)18/h4-10,17,20H,11H2,1-3H3. The van der Waals surface area contributed by atoms with Gasteiger partial charge in [0.15, 0.2) is 0 Å². The van der Waals surface area contributed by atoms with Gasteiger partial charge in [-0.15, -0.1) is 0 Å². The van der Waals surface area contributed by atoms with Crippen LogP contribution in [-0.4, -0.2) is 13.7 Å². The van der Waals surface area contributed by atoms with Crippen LogP contribution in [0.3, 0.4) is 0 Å². The summed E-state index contributed by atoms with van der Waals surface area (Å²) in [5.74, 6) is 0.911. The molecule has 1 heterocycles. The Morgan fingerprint density at radius 3 is 2.71 bits per heavy atom. The van der Waals surface area contributed by atoms with Gasteiger partial charge in [0.1, 0.15) is 5.75 Å². The molecule has 0 bridgehead atoms. The fraction of sp³-hybridized carbons (Fsp3) is 0.333. The lowest BCUT2D eigenvalue weighted by molar-refractivity contribution is 0.391. The molecule has 1 N–H and O–H groups in total. The van der Waals surface area contributed by atoms with Gasteiger partial charge in [-0.1, -0.05) is 43.6 Å². The zero-order valence-corrected chi connectivity index (χ0v) is 13.4. The van der Waals surface area contributed by atoms with Crippen LogP contribution in [0.1, 0.15) is 36.6 Å². The molecule has 0 aromatic heterocycles. The number of hydrogen-bond acceptors (Lipinski definition) is 2. The first-order chi connectivity index (χ1) is 10.0. The Kier molecular flexibility index (Phi) is 3.68. The first-order valence-electron chi connectivity index (χ1n) is 7.18. The van der Waals surface area contributed by atoms with Gasteiger partial charge in [0.2, 0.25) is 0 Å². The molecule has 2 aromatic carbocycles. The van der Waals surface area contributed by atoms with Crippen molar-refractivity contribution in [3.8, 4) is 5.75 Å². The van der Waals surface area contributed by atoms with Gasteiger partial charge in [-0.2, -0.15) is 0 Å². The molecule has 0 spiro atoms. The number of rotatable bonds is 2. The van der Waals surface area contributed by atoms with E-state index < -0.39 is 0 Å². The number of ether oxygens (including phenoxy) is 1. The fourth-order valence-corrected chi connectivity index (χ4v) is 3.24. The van der Waals surface area contributed by atoms with Crippen LogP contribution in [0.2, 0.25) is 5.02 Å². The molecule has 2 nitrogen and oxygen atoms in total. The van der Waals surface area contributed by atoms with Crippen LogP contribution in [-0.2, 0) is 5.41 Å². The molecule has 3 heteroatoms. The molecule has 110 valence electrons. The predicted octanol–water partition coefficient (Wildman–Crippen LogP) is 4.32. The van der Waals surface area contributed by atoms with Crippen molar-refractivity contribution >= 4 is 11.6 Å². The van der Waals surface area contributed by atoms with E-state index in [0.717, 1.165) is 17.3 Å². The summed E-state index contributed by atoms with van der Waals surface area (Å²) < 4.78 is 5.39. The molecule has 1 aliphatic heterocycles. The molecule has 0 saturated heterocycles. The predicted molar refractivity (Wildman–Crippen MR) is 87.3 cm³/mol. The zero-order chi connectivity index (χ0) is 15.0. The molecular formula is C18H20ClNO. The van der Waals surface area contributed by atoms with Gasteiger partial charge in [0.25, 0.3) is 0 Å². The summed E-state index contributed by atoms with van der Waals surface area (Å²) in [6.07, 6.45) is 0. The van der Waals surface area contributed by atoms with Crippen molar-refractivity contribution < 1.29 is 4.74 Å². The highest BCUT2D eigenvalue weighted by Gasteiger charge is 2.33. The van der Waals surface area contributed by atoms with Gasteiger partial charge in [-0.3, -0.25) is 0 Å². The van der Waals surface area contributed by atoms with E-state index in [0.29, 0.717) is 0 Å². The van der Waals surface area contributed by atoms with Gasteiger partial charge >= 0.3 is 0 Å². The van der Waals surface area contributed by atoms with Crippen LogP contribution < -0.4 is 10.1 Å². The van der Waals surface area contributed by atoms with E-state index in [1.54, 1.807) is 7.11 Å². The molecule has 21 heavy (non-hydrogen) atoms. The average molecular weight is 302 g/mol. The summed E-state index contributed by atoms with van der Waals surface area (Å²) in [6.45, 7) is 5.43. The van der Waals surface area contributed by atoms with Crippen LogP contribution in [0, 0.1) is 0 Å². The molecule has 0 saturated carbocycles. The Hall–Kier alpha value is -1.51. The number of hydrogen-bond donors (Lipinski definition) is 1. The zero-order valence-electron chi connectivity index (χ0n) is 12.6. The Morgan fingerprint density at radius 2 is 2.00 bits per heavy atom. The van der Waals surface area contributed by atoms with Crippen molar-refractivity contribution in [1.82, 2.24) is 5.32 Å². The Labute approximate surface area is 131 Å². The molecule has 1 atom stereocenters. The normalized spacial score (nSPS) is 19.9. The second kappa shape index (κ2) is 5.36. The lowest BCUT2D eigenvalue weighted by atomic mass is 9.75. The average Bonchev–Trinajstić information content (AvgIpc) is 2.47. The molecular weight excluding hydrogens is 282 g/mol. The first kappa shape index (κ1) is 14.4. The summed E-state index contributed by atoms with van der Waals surface area (Å²) in [5, 5.41) is 4.42. The Bertz CT molecular complexity index is 666. The van der Waals surface area contributed by atoms with E-state index in [1.807, 2.05) is 24.3 Å². The minimum Gasteiger partial charge on any atom is -0.497 e. The van der Waals surface area contributed by atoms with Crippen LogP contribution >= 0.6 is 11.6 Å². The van der Waals surface area contributed by atoms with Crippen molar-refractivity contribution in [2.45, 2.75) is 25.3 Å². The number of benzene rings is 2. The monoisotopic (exact) mass is 301 g/mol. The number of methoxy groups -OCH3 is 1. The van der Waals surface area contributed by atoms with Crippen LogP contribution in [0.15, 0.2) is 42.5 Å². The van der Waals surface area contributed by atoms with Crippen molar-refractivity contribution in [3.63, 3.8) is 0 Å². The van der Waals surface area contributed by atoms with Gasteiger partial charge in [-0.05, 0) is 41.0 Å². The molecule has 2 aromatic rings. The number of nitrogens with one attached hydrogen (secondary N) is 1. The second-order valence-electron chi connectivity index (χ2n) is 6.21. The minimum atomic E-state index is 0.0823. The van der Waals surface area contributed by atoms with Gasteiger partial charge < -0.3 is 10.1 Å². The van der Waals surface area contributed by atoms with Crippen molar-refractivity contribution in [1.29, 1.82) is 0 Å². The van der Waals surface area contributed by atoms with Crippen LogP contribution in [0.4, 0.5) is 0 Å². The molecule has 0 fully saturated rings. The highest BCUT2D eigenvalue weighted by molar-refractivity contribution is 6.30. The summed E-state index contributed by atoms with van der Waals surface area (Å²) in [4.78, 5) is 0. The third kappa shape index (κ3) is 2.66. The van der Waals surface area contributed by atoms with Gasteiger partial charge in [0.05, 0.1) is 13.2 Å². The van der Waals surface area contributed by atoms with E-state index in [2.05, 4.69) is 37.4 Å². The van der Waals surface area contributed by atoms with Crippen molar-refractivity contribution in [3.05, 3.63) is 64.2 Å². The maximum atomic E-state index is 6.15. The fourth-order valence-electron chi connectivity index (χ4n) is 3.05. The lowest BCUT2D eigenvalue weighted by Crippen LogP contribution is -2.42. The number of halogens is 1. The Morgan fingerprint density at radius 1 is 1.19 bits per heavy atom. The molecule has 1 aliphatic rings. The highest BCUT2D eigenvalue weighted by Crippen LogP contribution is 2.39. The SMILES string of the molecule is COc1ccc2c(c1)C(C)(C)CNC2c1cccc(Cl)c1. The van der Waals surface area contributed by atoms with E-state index in [9.17, 15) is 0 Å². The van der Waals surface area contributed by atoms with Gasteiger partial charge in [0, 0.05) is 17.0 Å².